The second-order valence-electron chi connectivity index (χ2n) is 3.20. The van der Waals surface area contributed by atoms with E-state index in [9.17, 15) is 4.79 Å². The van der Waals surface area contributed by atoms with Crippen molar-refractivity contribution in [2.24, 2.45) is 5.73 Å². The maximum atomic E-state index is 10.5. The molecule has 76 valence electrons. The van der Waals surface area contributed by atoms with E-state index in [-0.39, 0.29) is 0 Å². The lowest BCUT2D eigenvalue weighted by Gasteiger charge is -2.06. The molecule has 3 N–H and O–H groups in total. The first kappa shape index (κ1) is 10.7. The third-order valence-electron chi connectivity index (χ3n) is 2.03. The van der Waals surface area contributed by atoms with Crippen molar-refractivity contribution in [1.82, 2.24) is 4.98 Å². The fourth-order valence-corrected chi connectivity index (χ4v) is 1.19. The number of nitrogens with zero attached hydrogens (tertiary/aromatic N) is 1. The van der Waals surface area contributed by atoms with Gasteiger partial charge in [0.1, 0.15) is 6.04 Å². The number of carbonyl (C=O) groups is 1. The molecule has 0 aliphatic rings. The third kappa shape index (κ3) is 2.81. The third-order valence-corrected chi connectivity index (χ3v) is 2.03. The highest BCUT2D eigenvalue weighted by molar-refractivity contribution is 5.73. The number of hydrogen-bond acceptors (Lipinski definition) is 3. The molecule has 1 unspecified atom stereocenters. The number of carboxylic acids is 1. The Labute approximate surface area is 82.8 Å². The highest BCUT2D eigenvalue weighted by Crippen LogP contribution is 2.05. The van der Waals surface area contributed by atoms with Crippen molar-refractivity contribution in [2.75, 3.05) is 0 Å². The standard InChI is InChI=1S/C10H14N2O2/c1-2-7-3-8(6-12-5-7)4-9(11)10(13)14/h3,5-6,9H,2,4,11H2,1H3,(H,13,14). The maximum Gasteiger partial charge on any atom is 0.320 e. The summed E-state index contributed by atoms with van der Waals surface area (Å²) in [7, 11) is 0. The lowest BCUT2D eigenvalue weighted by molar-refractivity contribution is -0.138. The molecule has 4 heteroatoms. The predicted molar refractivity (Wildman–Crippen MR) is 52.9 cm³/mol. The normalized spacial score (nSPS) is 12.4. The lowest BCUT2D eigenvalue weighted by Crippen LogP contribution is -2.32. The van der Waals surface area contributed by atoms with Crippen LogP contribution in [0.15, 0.2) is 18.5 Å². The quantitative estimate of drug-likeness (QED) is 0.735. The lowest BCUT2D eigenvalue weighted by atomic mass is 10.1. The zero-order chi connectivity index (χ0) is 10.6. The molecule has 1 atom stereocenters. The summed E-state index contributed by atoms with van der Waals surface area (Å²) in [6, 6.07) is 1.10. The van der Waals surface area contributed by atoms with Crippen LogP contribution in [0.4, 0.5) is 0 Å². The average molecular weight is 194 g/mol. The van der Waals surface area contributed by atoms with Crippen molar-refractivity contribution in [3.63, 3.8) is 0 Å². The summed E-state index contributed by atoms with van der Waals surface area (Å²) in [5.74, 6) is -0.980. The molecule has 0 saturated carbocycles. The number of pyridine rings is 1. The van der Waals surface area contributed by atoms with E-state index >= 15 is 0 Å². The van der Waals surface area contributed by atoms with Gasteiger partial charge in [-0.2, -0.15) is 0 Å². The van der Waals surface area contributed by atoms with Crippen LogP contribution >= 0.6 is 0 Å². The largest absolute Gasteiger partial charge is 0.480 e. The number of nitrogens with two attached hydrogens (primary N) is 1. The van der Waals surface area contributed by atoms with E-state index < -0.39 is 12.0 Å². The maximum absolute atomic E-state index is 10.5. The van der Waals surface area contributed by atoms with Crippen molar-refractivity contribution in [1.29, 1.82) is 0 Å². The average Bonchev–Trinajstić information content (AvgIpc) is 2.18. The van der Waals surface area contributed by atoms with E-state index in [1.165, 1.54) is 0 Å². The minimum Gasteiger partial charge on any atom is -0.480 e. The summed E-state index contributed by atoms with van der Waals surface area (Å²) in [4.78, 5) is 14.5. The molecule has 0 aromatic carbocycles. The van der Waals surface area contributed by atoms with Crippen LogP contribution in [0, 0.1) is 0 Å². The van der Waals surface area contributed by atoms with Crippen LogP contribution in [-0.2, 0) is 17.6 Å². The van der Waals surface area contributed by atoms with Crippen molar-refractivity contribution in [3.05, 3.63) is 29.6 Å². The number of aromatic nitrogens is 1. The second kappa shape index (κ2) is 4.72. The Kier molecular flexibility index (Phi) is 3.59. The molecule has 0 spiro atoms. The van der Waals surface area contributed by atoms with Gasteiger partial charge in [0.15, 0.2) is 0 Å². The summed E-state index contributed by atoms with van der Waals surface area (Å²) in [6.45, 7) is 2.03. The highest BCUT2D eigenvalue weighted by Gasteiger charge is 2.12. The summed E-state index contributed by atoms with van der Waals surface area (Å²) in [5.41, 5.74) is 7.38. The molecule has 1 heterocycles. The van der Waals surface area contributed by atoms with Gasteiger partial charge in [0.2, 0.25) is 0 Å². The van der Waals surface area contributed by atoms with Gasteiger partial charge >= 0.3 is 5.97 Å². The molecule has 0 amide bonds. The van der Waals surface area contributed by atoms with Crippen molar-refractivity contribution in [2.45, 2.75) is 25.8 Å². The van der Waals surface area contributed by atoms with Gasteiger partial charge in [-0.3, -0.25) is 9.78 Å². The van der Waals surface area contributed by atoms with Gasteiger partial charge < -0.3 is 10.8 Å². The van der Waals surface area contributed by atoms with E-state index in [0.717, 1.165) is 17.5 Å². The first-order valence-corrected chi connectivity index (χ1v) is 4.54. The molecule has 0 aliphatic heterocycles. The van der Waals surface area contributed by atoms with Gasteiger partial charge in [0, 0.05) is 12.4 Å². The zero-order valence-electron chi connectivity index (χ0n) is 8.10. The van der Waals surface area contributed by atoms with Crippen LogP contribution in [0.2, 0.25) is 0 Å². The van der Waals surface area contributed by atoms with E-state index in [1.54, 1.807) is 12.4 Å². The van der Waals surface area contributed by atoms with E-state index in [1.807, 2.05) is 13.0 Å². The van der Waals surface area contributed by atoms with E-state index in [2.05, 4.69) is 4.98 Å². The van der Waals surface area contributed by atoms with Gasteiger partial charge in [0.25, 0.3) is 0 Å². The Morgan fingerprint density at radius 3 is 2.79 bits per heavy atom. The topological polar surface area (TPSA) is 76.2 Å². The molecule has 0 radical (unpaired) electrons. The molecule has 0 saturated heterocycles. The molecule has 1 aromatic heterocycles. The minimum absolute atomic E-state index is 0.330. The van der Waals surface area contributed by atoms with Gasteiger partial charge in [-0.05, 0) is 24.0 Å². The van der Waals surface area contributed by atoms with Crippen molar-refractivity contribution < 1.29 is 9.90 Å². The number of hydrogen-bond donors (Lipinski definition) is 2. The highest BCUT2D eigenvalue weighted by atomic mass is 16.4. The number of aliphatic carboxylic acids is 1. The van der Waals surface area contributed by atoms with Gasteiger partial charge in [-0.15, -0.1) is 0 Å². The fraction of sp³-hybridized carbons (Fsp3) is 0.400. The van der Waals surface area contributed by atoms with E-state index in [4.69, 9.17) is 10.8 Å². The summed E-state index contributed by atoms with van der Waals surface area (Å²) >= 11 is 0. The van der Waals surface area contributed by atoms with Crippen LogP contribution in [0.25, 0.3) is 0 Å². The smallest absolute Gasteiger partial charge is 0.320 e. The van der Waals surface area contributed by atoms with Crippen LogP contribution in [0.5, 0.6) is 0 Å². The van der Waals surface area contributed by atoms with E-state index in [0.29, 0.717) is 6.42 Å². The molecule has 0 fully saturated rings. The second-order valence-corrected chi connectivity index (χ2v) is 3.20. The Bertz CT molecular complexity index is 326. The molecule has 0 bridgehead atoms. The Morgan fingerprint density at radius 1 is 1.57 bits per heavy atom. The Morgan fingerprint density at radius 2 is 2.21 bits per heavy atom. The summed E-state index contributed by atoms with van der Waals surface area (Å²) < 4.78 is 0. The van der Waals surface area contributed by atoms with Gasteiger partial charge in [0.05, 0.1) is 0 Å². The zero-order valence-corrected chi connectivity index (χ0v) is 8.10. The summed E-state index contributed by atoms with van der Waals surface area (Å²) in [5, 5.41) is 8.62. The van der Waals surface area contributed by atoms with Crippen LogP contribution in [0.3, 0.4) is 0 Å². The predicted octanol–water partition coefficient (Wildman–Crippen LogP) is 0.598. The molecular weight excluding hydrogens is 180 g/mol. The Balaban J connectivity index is 2.71. The number of rotatable bonds is 4. The molecule has 4 nitrogen and oxygen atoms in total. The molecule has 1 rings (SSSR count). The van der Waals surface area contributed by atoms with Gasteiger partial charge in [-0.25, -0.2) is 0 Å². The SMILES string of the molecule is CCc1cncc(CC(N)C(=O)O)c1. The van der Waals surface area contributed by atoms with Crippen LogP contribution in [-0.4, -0.2) is 22.1 Å². The van der Waals surface area contributed by atoms with Crippen molar-refractivity contribution >= 4 is 5.97 Å². The Hall–Kier alpha value is -1.42. The molecular formula is C10H14N2O2. The first-order chi connectivity index (χ1) is 6.63. The molecule has 1 aromatic rings. The monoisotopic (exact) mass is 194 g/mol. The van der Waals surface area contributed by atoms with Crippen LogP contribution in [0.1, 0.15) is 18.1 Å². The first-order valence-electron chi connectivity index (χ1n) is 4.54. The van der Waals surface area contributed by atoms with Gasteiger partial charge in [-0.1, -0.05) is 13.0 Å². The molecule has 0 aliphatic carbocycles. The van der Waals surface area contributed by atoms with Crippen molar-refractivity contribution in [3.8, 4) is 0 Å². The summed E-state index contributed by atoms with van der Waals surface area (Å²) in [6.07, 6.45) is 4.65. The molecule has 14 heavy (non-hydrogen) atoms. The fourth-order valence-electron chi connectivity index (χ4n) is 1.19. The number of aryl methyl sites for hydroxylation is 1. The number of carboxylic acid groups (broad SMARTS) is 1. The van der Waals surface area contributed by atoms with Crippen LogP contribution < -0.4 is 5.73 Å². The minimum atomic E-state index is -0.980.